The van der Waals surface area contributed by atoms with E-state index >= 15 is 0 Å². The molecule has 1 aromatic rings. The van der Waals surface area contributed by atoms with E-state index in [1.54, 1.807) is 26.0 Å². The van der Waals surface area contributed by atoms with E-state index in [-0.39, 0.29) is 6.54 Å². The fourth-order valence-corrected chi connectivity index (χ4v) is 2.20. The fourth-order valence-electron chi connectivity index (χ4n) is 1.84. The molecule has 0 atom stereocenters. The number of halogens is 1. The van der Waals surface area contributed by atoms with Gasteiger partial charge >= 0.3 is 6.03 Å². The Bertz CT molecular complexity index is 569. The van der Waals surface area contributed by atoms with E-state index in [4.69, 9.17) is 0 Å². The standard InChI is InChI=1S/C13H14IN3O3/c1-13(2)11(19)17(12(20)16-13)7-10(18)15-9-5-3-8(14)4-6-9/h3-6H,7H2,1-2H3,(H,15,18)(H,16,20). The molecular formula is C13H14IN3O3. The quantitative estimate of drug-likeness (QED) is 0.611. The minimum absolute atomic E-state index is 0.292. The van der Waals surface area contributed by atoms with Crippen LogP contribution in [-0.2, 0) is 9.59 Å². The van der Waals surface area contributed by atoms with Crippen molar-refractivity contribution < 1.29 is 14.4 Å². The molecule has 1 aliphatic heterocycles. The highest BCUT2D eigenvalue weighted by Gasteiger charge is 2.44. The van der Waals surface area contributed by atoms with E-state index in [1.807, 2.05) is 12.1 Å². The number of benzene rings is 1. The van der Waals surface area contributed by atoms with Crippen LogP contribution in [0.15, 0.2) is 24.3 Å². The zero-order valence-electron chi connectivity index (χ0n) is 11.1. The van der Waals surface area contributed by atoms with Crippen molar-refractivity contribution in [2.24, 2.45) is 0 Å². The Morgan fingerprint density at radius 1 is 1.30 bits per heavy atom. The molecule has 7 heteroatoms. The number of nitrogens with one attached hydrogen (secondary N) is 2. The van der Waals surface area contributed by atoms with Crippen LogP contribution in [0.2, 0.25) is 0 Å². The first-order chi connectivity index (χ1) is 9.29. The lowest BCUT2D eigenvalue weighted by Gasteiger charge is -2.15. The average Bonchev–Trinajstić information content (AvgIpc) is 2.55. The third-order valence-electron chi connectivity index (χ3n) is 2.87. The van der Waals surface area contributed by atoms with Crippen molar-refractivity contribution >= 4 is 46.1 Å². The topological polar surface area (TPSA) is 78.5 Å². The predicted molar refractivity (Wildman–Crippen MR) is 82.1 cm³/mol. The zero-order chi connectivity index (χ0) is 14.9. The van der Waals surface area contributed by atoms with Gasteiger partial charge in [0.05, 0.1) is 0 Å². The van der Waals surface area contributed by atoms with Gasteiger partial charge in [0.1, 0.15) is 12.1 Å². The molecule has 1 saturated heterocycles. The summed E-state index contributed by atoms with van der Waals surface area (Å²) in [6.07, 6.45) is 0. The van der Waals surface area contributed by atoms with Crippen LogP contribution in [0.4, 0.5) is 10.5 Å². The van der Waals surface area contributed by atoms with Crippen molar-refractivity contribution in [1.82, 2.24) is 10.2 Å². The van der Waals surface area contributed by atoms with Gasteiger partial charge in [0.25, 0.3) is 5.91 Å². The van der Waals surface area contributed by atoms with E-state index in [0.717, 1.165) is 8.47 Å². The van der Waals surface area contributed by atoms with Gasteiger partial charge in [-0.15, -0.1) is 0 Å². The SMILES string of the molecule is CC1(C)NC(=O)N(CC(=O)Nc2ccc(I)cc2)C1=O. The monoisotopic (exact) mass is 387 g/mol. The molecule has 20 heavy (non-hydrogen) atoms. The second-order valence-corrected chi connectivity index (χ2v) is 6.25. The van der Waals surface area contributed by atoms with Gasteiger partial charge in [0.2, 0.25) is 5.91 Å². The Hall–Kier alpha value is -1.64. The number of imide groups is 1. The summed E-state index contributed by atoms with van der Waals surface area (Å²) < 4.78 is 1.05. The summed E-state index contributed by atoms with van der Waals surface area (Å²) in [6, 6.07) is 6.68. The maximum Gasteiger partial charge on any atom is 0.325 e. The van der Waals surface area contributed by atoms with Gasteiger partial charge in [-0.1, -0.05) is 0 Å². The normalized spacial score (nSPS) is 17.1. The van der Waals surface area contributed by atoms with Crippen molar-refractivity contribution in [3.63, 3.8) is 0 Å². The summed E-state index contributed by atoms with van der Waals surface area (Å²) >= 11 is 2.16. The average molecular weight is 387 g/mol. The number of nitrogens with zero attached hydrogens (tertiary/aromatic N) is 1. The molecular weight excluding hydrogens is 373 g/mol. The van der Waals surface area contributed by atoms with Crippen LogP contribution in [-0.4, -0.2) is 34.8 Å². The van der Waals surface area contributed by atoms with Crippen LogP contribution < -0.4 is 10.6 Å². The summed E-state index contributed by atoms with van der Waals surface area (Å²) in [5.74, 6) is -0.812. The molecule has 1 fully saturated rings. The third-order valence-corrected chi connectivity index (χ3v) is 3.59. The lowest BCUT2D eigenvalue weighted by Crippen LogP contribution is -2.41. The molecule has 0 spiro atoms. The molecule has 4 amide bonds. The largest absolute Gasteiger partial charge is 0.325 e. The fraction of sp³-hybridized carbons (Fsp3) is 0.308. The second-order valence-electron chi connectivity index (χ2n) is 5.00. The summed E-state index contributed by atoms with van der Waals surface area (Å²) in [4.78, 5) is 36.4. The first-order valence-electron chi connectivity index (χ1n) is 5.99. The highest BCUT2D eigenvalue weighted by atomic mass is 127. The molecule has 0 saturated carbocycles. The molecule has 1 aliphatic rings. The summed E-state index contributed by atoms with van der Waals surface area (Å²) in [7, 11) is 0. The Kier molecular flexibility index (Phi) is 3.98. The van der Waals surface area contributed by atoms with Gasteiger partial charge in [-0.05, 0) is 60.7 Å². The van der Waals surface area contributed by atoms with Crippen molar-refractivity contribution in [3.05, 3.63) is 27.8 Å². The van der Waals surface area contributed by atoms with Gasteiger partial charge in [-0.25, -0.2) is 4.79 Å². The summed E-state index contributed by atoms with van der Waals surface area (Å²) in [5, 5.41) is 5.17. The van der Waals surface area contributed by atoms with Crippen molar-refractivity contribution in [2.45, 2.75) is 19.4 Å². The van der Waals surface area contributed by atoms with E-state index in [9.17, 15) is 14.4 Å². The van der Waals surface area contributed by atoms with Gasteiger partial charge in [-0.2, -0.15) is 0 Å². The van der Waals surface area contributed by atoms with E-state index < -0.39 is 23.4 Å². The zero-order valence-corrected chi connectivity index (χ0v) is 13.2. The van der Waals surface area contributed by atoms with Crippen molar-refractivity contribution in [3.8, 4) is 0 Å². The number of carbonyl (C=O) groups is 3. The molecule has 2 N–H and O–H groups in total. The van der Waals surface area contributed by atoms with Crippen LogP contribution in [0.3, 0.4) is 0 Å². The number of rotatable bonds is 3. The number of hydrogen-bond donors (Lipinski definition) is 2. The van der Waals surface area contributed by atoms with E-state index in [1.165, 1.54) is 0 Å². The number of hydrogen-bond acceptors (Lipinski definition) is 3. The Labute approximate surface area is 130 Å². The van der Waals surface area contributed by atoms with Crippen molar-refractivity contribution in [1.29, 1.82) is 0 Å². The number of carbonyl (C=O) groups excluding carboxylic acids is 3. The predicted octanol–water partition coefficient (Wildman–Crippen LogP) is 1.56. The first kappa shape index (κ1) is 14.8. The first-order valence-corrected chi connectivity index (χ1v) is 7.07. The van der Waals surface area contributed by atoms with Crippen molar-refractivity contribution in [2.75, 3.05) is 11.9 Å². The van der Waals surface area contributed by atoms with Gasteiger partial charge < -0.3 is 10.6 Å². The highest BCUT2D eigenvalue weighted by Crippen LogP contribution is 2.16. The Morgan fingerprint density at radius 3 is 2.40 bits per heavy atom. The molecule has 6 nitrogen and oxygen atoms in total. The molecule has 0 aliphatic carbocycles. The number of anilines is 1. The highest BCUT2D eigenvalue weighted by molar-refractivity contribution is 14.1. The van der Waals surface area contributed by atoms with Gasteiger partial charge in [-0.3, -0.25) is 14.5 Å². The molecule has 0 radical (unpaired) electrons. The number of amides is 4. The minimum Gasteiger partial charge on any atom is -0.325 e. The lowest BCUT2D eigenvalue weighted by molar-refractivity contribution is -0.132. The minimum atomic E-state index is -0.958. The van der Waals surface area contributed by atoms with E-state index in [0.29, 0.717) is 5.69 Å². The van der Waals surface area contributed by atoms with Crippen LogP contribution >= 0.6 is 22.6 Å². The maximum absolute atomic E-state index is 11.9. The van der Waals surface area contributed by atoms with Crippen LogP contribution in [0.5, 0.6) is 0 Å². The summed E-state index contributed by atoms with van der Waals surface area (Å²) in [6.45, 7) is 2.91. The molecule has 1 heterocycles. The lowest BCUT2D eigenvalue weighted by atomic mass is 10.1. The second kappa shape index (κ2) is 5.39. The molecule has 0 unspecified atom stereocenters. The Balaban J connectivity index is 2.00. The summed E-state index contributed by atoms with van der Waals surface area (Å²) in [5.41, 5.74) is -0.332. The van der Waals surface area contributed by atoms with Crippen LogP contribution in [0, 0.1) is 3.57 Å². The van der Waals surface area contributed by atoms with Crippen LogP contribution in [0.25, 0.3) is 0 Å². The molecule has 0 bridgehead atoms. The van der Waals surface area contributed by atoms with E-state index in [2.05, 4.69) is 33.2 Å². The third kappa shape index (κ3) is 3.09. The molecule has 0 aromatic heterocycles. The Morgan fingerprint density at radius 2 is 1.90 bits per heavy atom. The molecule has 2 rings (SSSR count). The molecule has 1 aromatic carbocycles. The smallest absolute Gasteiger partial charge is 0.325 e. The molecule has 106 valence electrons. The van der Waals surface area contributed by atoms with Crippen LogP contribution in [0.1, 0.15) is 13.8 Å². The van der Waals surface area contributed by atoms with Gasteiger partial charge in [0, 0.05) is 9.26 Å². The van der Waals surface area contributed by atoms with Gasteiger partial charge in [0.15, 0.2) is 0 Å². The number of urea groups is 1. The maximum atomic E-state index is 11.9.